The summed E-state index contributed by atoms with van der Waals surface area (Å²) < 4.78 is 0. The number of pyridine rings is 1. The number of hydrogen-bond donors (Lipinski definition) is 1. The molecule has 1 aromatic heterocycles. The van der Waals surface area contributed by atoms with Crippen LogP contribution in [0.3, 0.4) is 0 Å². The predicted molar refractivity (Wildman–Crippen MR) is 89.0 cm³/mol. The molecule has 24 heavy (non-hydrogen) atoms. The molecule has 2 aliphatic heterocycles. The smallest absolute Gasteiger partial charge is 0.317 e. The molecule has 0 radical (unpaired) electrons. The molecule has 3 aliphatic rings. The van der Waals surface area contributed by atoms with E-state index in [1.165, 1.54) is 0 Å². The molecule has 3 amide bonds. The lowest BCUT2D eigenvalue weighted by Crippen LogP contribution is -2.38. The molecular formula is C18H24N4O2. The van der Waals surface area contributed by atoms with E-state index in [1.54, 1.807) is 12.4 Å². The number of rotatable bonds is 3. The molecule has 0 bridgehead atoms. The Hall–Kier alpha value is -2.11. The van der Waals surface area contributed by atoms with Crippen LogP contribution < -0.4 is 5.32 Å². The van der Waals surface area contributed by atoms with Crippen molar-refractivity contribution in [1.29, 1.82) is 0 Å². The van der Waals surface area contributed by atoms with Crippen molar-refractivity contribution in [3.8, 4) is 0 Å². The standard InChI is InChI=1S/C18H24N4O2/c23-16(21-7-1-2-8-21)15-10-18(15)5-9-22(13-18)17(24)20-12-14-4-3-6-19-11-14/h3-4,6,11,15H,1-2,5,7-10,12-13H2,(H,20,24)/t15-,18-/m0/s1. The highest BCUT2D eigenvalue weighted by Gasteiger charge is 2.62. The number of carbonyl (C=O) groups excluding carboxylic acids is 2. The van der Waals surface area contributed by atoms with Crippen molar-refractivity contribution in [2.45, 2.75) is 32.2 Å². The van der Waals surface area contributed by atoms with Gasteiger partial charge in [0.05, 0.1) is 0 Å². The molecule has 0 unspecified atom stereocenters. The Labute approximate surface area is 142 Å². The minimum absolute atomic E-state index is 0.0324. The lowest BCUT2D eigenvalue weighted by Gasteiger charge is -2.19. The average Bonchev–Trinajstić information content (AvgIpc) is 2.98. The second kappa shape index (κ2) is 6.07. The number of aromatic nitrogens is 1. The molecule has 4 rings (SSSR count). The topological polar surface area (TPSA) is 65.5 Å². The van der Waals surface area contributed by atoms with E-state index in [0.717, 1.165) is 57.4 Å². The maximum atomic E-state index is 12.6. The van der Waals surface area contributed by atoms with Crippen molar-refractivity contribution in [2.24, 2.45) is 11.3 Å². The molecule has 3 heterocycles. The number of amides is 3. The van der Waals surface area contributed by atoms with Gasteiger partial charge < -0.3 is 15.1 Å². The SMILES string of the molecule is O=C(NCc1cccnc1)N1CC[C@]2(C[C@H]2C(=O)N2CCCC2)C1. The first-order valence-electron chi connectivity index (χ1n) is 8.88. The maximum absolute atomic E-state index is 12.6. The van der Waals surface area contributed by atoms with E-state index >= 15 is 0 Å². The van der Waals surface area contributed by atoms with E-state index in [0.29, 0.717) is 12.5 Å². The Morgan fingerprint density at radius 2 is 2.08 bits per heavy atom. The fraction of sp³-hybridized carbons (Fsp3) is 0.611. The molecule has 3 fully saturated rings. The van der Waals surface area contributed by atoms with Gasteiger partial charge in [-0.15, -0.1) is 0 Å². The number of urea groups is 1. The lowest BCUT2D eigenvalue weighted by molar-refractivity contribution is -0.132. The maximum Gasteiger partial charge on any atom is 0.317 e. The number of carbonyl (C=O) groups is 2. The molecule has 1 spiro atoms. The molecular weight excluding hydrogens is 304 g/mol. The monoisotopic (exact) mass is 328 g/mol. The van der Waals surface area contributed by atoms with Gasteiger partial charge in [0.15, 0.2) is 0 Å². The number of likely N-dealkylation sites (tertiary alicyclic amines) is 2. The van der Waals surface area contributed by atoms with Crippen LogP contribution in [0.15, 0.2) is 24.5 Å². The van der Waals surface area contributed by atoms with Crippen LogP contribution in [0, 0.1) is 11.3 Å². The second-order valence-electron chi connectivity index (χ2n) is 7.34. The predicted octanol–water partition coefficient (Wildman–Crippen LogP) is 1.63. The van der Waals surface area contributed by atoms with E-state index in [1.807, 2.05) is 21.9 Å². The van der Waals surface area contributed by atoms with Crippen molar-refractivity contribution in [3.05, 3.63) is 30.1 Å². The zero-order valence-electron chi connectivity index (χ0n) is 13.9. The quantitative estimate of drug-likeness (QED) is 0.917. The third-order valence-corrected chi connectivity index (χ3v) is 5.74. The summed E-state index contributed by atoms with van der Waals surface area (Å²) >= 11 is 0. The van der Waals surface area contributed by atoms with E-state index in [2.05, 4.69) is 10.3 Å². The fourth-order valence-electron chi connectivity index (χ4n) is 4.17. The summed E-state index contributed by atoms with van der Waals surface area (Å²) in [6.45, 7) is 3.80. The molecule has 2 atom stereocenters. The van der Waals surface area contributed by atoms with E-state index in [9.17, 15) is 9.59 Å². The molecule has 6 nitrogen and oxygen atoms in total. The summed E-state index contributed by atoms with van der Waals surface area (Å²) in [6.07, 6.45) is 7.66. The van der Waals surface area contributed by atoms with Gasteiger partial charge in [-0.25, -0.2) is 4.79 Å². The highest BCUT2D eigenvalue weighted by atomic mass is 16.2. The molecule has 0 aromatic carbocycles. The summed E-state index contributed by atoms with van der Waals surface area (Å²) in [6, 6.07) is 3.78. The van der Waals surface area contributed by atoms with Gasteiger partial charge in [-0.2, -0.15) is 0 Å². The summed E-state index contributed by atoms with van der Waals surface area (Å²) in [7, 11) is 0. The van der Waals surface area contributed by atoms with Gasteiger partial charge >= 0.3 is 6.03 Å². The van der Waals surface area contributed by atoms with Crippen molar-refractivity contribution < 1.29 is 9.59 Å². The van der Waals surface area contributed by atoms with Crippen LogP contribution in [0.5, 0.6) is 0 Å². The lowest BCUT2D eigenvalue weighted by atomic mass is 10.0. The van der Waals surface area contributed by atoms with Crippen LogP contribution in [-0.4, -0.2) is 52.9 Å². The van der Waals surface area contributed by atoms with E-state index < -0.39 is 0 Å². The molecule has 2 saturated heterocycles. The van der Waals surface area contributed by atoms with Crippen LogP contribution >= 0.6 is 0 Å². The minimum Gasteiger partial charge on any atom is -0.342 e. The Morgan fingerprint density at radius 1 is 1.25 bits per heavy atom. The zero-order chi connectivity index (χ0) is 16.6. The first kappa shape index (κ1) is 15.4. The van der Waals surface area contributed by atoms with Crippen molar-refractivity contribution in [3.63, 3.8) is 0 Å². The van der Waals surface area contributed by atoms with Crippen LogP contribution in [0.1, 0.15) is 31.2 Å². The minimum atomic E-state index is -0.0324. The number of nitrogens with one attached hydrogen (secondary N) is 1. The Balaban J connectivity index is 1.29. The van der Waals surface area contributed by atoms with E-state index in [-0.39, 0.29) is 17.4 Å². The highest BCUT2D eigenvalue weighted by Crippen LogP contribution is 2.59. The Morgan fingerprint density at radius 3 is 2.83 bits per heavy atom. The number of nitrogens with zero attached hydrogens (tertiary/aromatic N) is 3. The van der Waals surface area contributed by atoms with Gasteiger partial charge in [-0.05, 0) is 37.3 Å². The van der Waals surface area contributed by atoms with Gasteiger partial charge in [0.25, 0.3) is 0 Å². The van der Waals surface area contributed by atoms with Gasteiger partial charge in [-0.1, -0.05) is 6.07 Å². The first-order chi connectivity index (χ1) is 11.7. The van der Waals surface area contributed by atoms with Gasteiger partial charge in [0, 0.05) is 56.5 Å². The highest BCUT2D eigenvalue weighted by molar-refractivity contribution is 5.83. The van der Waals surface area contributed by atoms with Crippen LogP contribution in [0.25, 0.3) is 0 Å². The normalized spacial score (nSPS) is 28.4. The molecule has 128 valence electrons. The molecule has 1 aliphatic carbocycles. The van der Waals surface area contributed by atoms with Gasteiger partial charge in [0.2, 0.25) is 5.91 Å². The summed E-state index contributed by atoms with van der Waals surface area (Å²) in [5.41, 5.74) is 1.05. The summed E-state index contributed by atoms with van der Waals surface area (Å²) in [5.74, 6) is 0.469. The molecule has 1 aromatic rings. The molecule has 1 saturated carbocycles. The summed E-state index contributed by atoms with van der Waals surface area (Å²) in [5, 5.41) is 2.96. The zero-order valence-corrected chi connectivity index (χ0v) is 13.9. The van der Waals surface area contributed by atoms with Crippen LogP contribution in [0.2, 0.25) is 0 Å². The molecule has 1 N–H and O–H groups in total. The average molecular weight is 328 g/mol. The first-order valence-corrected chi connectivity index (χ1v) is 8.88. The number of hydrogen-bond acceptors (Lipinski definition) is 3. The fourth-order valence-corrected chi connectivity index (χ4v) is 4.17. The second-order valence-corrected chi connectivity index (χ2v) is 7.34. The summed E-state index contributed by atoms with van der Waals surface area (Å²) in [4.78, 5) is 32.9. The Kier molecular flexibility index (Phi) is 3.90. The van der Waals surface area contributed by atoms with E-state index in [4.69, 9.17) is 0 Å². The van der Waals surface area contributed by atoms with Crippen LogP contribution in [0.4, 0.5) is 4.79 Å². The third-order valence-electron chi connectivity index (χ3n) is 5.74. The Bertz CT molecular complexity index is 629. The van der Waals surface area contributed by atoms with Gasteiger partial charge in [-0.3, -0.25) is 9.78 Å². The van der Waals surface area contributed by atoms with Gasteiger partial charge in [0.1, 0.15) is 0 Å². The molecule has 6 heteroatoms. The van der Waals surface area contributed by atoms with Crippen LogP contribution in [-0.2, 0) is 11.3 Å². The third kappa shape index (κ3) is 2.85. The van der Waals surface area contributed by atoms with Crippen molar-refractivity contribution in [2.75, 3.05) is 26.2 Å². The van der Waals surface area contributed by atoms with Crippen molar-refractivity contribution in [1.82, 2.24) is 20.1 Å². The largest absolute Gasteiger partial charge is 0.342 e. The van der Waals surface area contributed by atoms with Crippen molar-refractivity contribution >= 4 is 11.9 Å².